The van der Waals surface area contributed by atoms with Gasteiger partial charge in [-0.3, -0.25) is 5.10 Å². The normalized spacial score (nSPS) is 19.1. The Bertz CT molecular complexity index is 514. The Morgan fingerprint density at radius 3 is 2.80 bits per heavy atom. The van der Waals surface area contributed by atoms with Crippen molar-refractivity contribution in [2.45, 2.75) is 44.6 Å². The topological polar surface area (TPSA) is 53.6 Å². The van der Waals surface area contributed by atoms with Gasteiger partial charge in [-0.2, -0.15) is 5.10 Å². The number of hydrogen-bond donors (Lipinski definition) is 2. The molecule has 1 fully saturated rings. The van der Waals surface area contributed by atoms with Crippen LogP contribution < -0.4 is 5.32 Å². The summed E-state index contributed by atoms with van der Waals surface area (Å²) in [5.41, 5.74) is 1.39. The fourth-order valence-corrected chi connectivity index (χ4v) is 2.75. The Morgan fingerprint density at radius 2 is 2.00 bits per heavy atom. The summed E-state index contributed by atoms with van der Waals surface area (Å²) < 4.78 is 0. The van der Waals surface area contributed by atoms with Crippen LogP contribution >= 0.6 is 0 Å². The maximum Gasteiger partial charge on any atom is 0.167 e. The first-order chi connectivity index (χ1) is 9.92. The van der Waals surface area contributed by atoms with Crippen LogP contribution in [0.3, 0.4) is 0 Å². The zero-order chi connectivity index (χ0) is 13.6. The molecule has 0 aliphatic carbocycles. The lowest BCUT2D eigenvalue weighted by atomic mass is 10.0. The van der Waals surface area contributed by atoms with Crippen LogP contribution in [0.1, 0.15) is 48.9 Å². The molecule has 3 rings (SSSR count). The third-order valence-corrected chi connectivity index (χ3v) is 3.89. The molecule has 4 nitrogen and oxygen atoms in total. The summed E-state index contributed by atoms with van der Waals surface area (Å²) in [7, 11) is 0. The molecular formula is C16H22N4. The van der Waals surface area contributed by atoms with E-state index in [0.29, 0.717) is 6.04 Å². The highest BCUT2D eigenvalue weighted by Gasteiger charge is 2.18. The van der Waals surface area contributed by atoms with Gasteiger partial charge in [0.2, 0.25) is 0 Å². The van der Waals surface area contributed by atoms with Crippen molar-refractivity contribution in [3.63, 3.8) is 0 Å². The summed E-state index contributed by atoms with van der Waals surface area (Å²) in [6.45, 7) is 1.09. The van der Waals surface area contributed by atoms with Gasteiger partial charge < -0.3 is 5.32 Å². The zero-order valence-electron chi connectivity index (χ0n) is 11.8. The summed E-state index contributed by atoms with van der Waals surface area (Å²) in [5, 5.41) is 10.9. The van der Waals surface area contributed by atoms with Crippen molar-refractivity contribution in [1.82, 2.24) is 20.5 Å². The summed E-state index contributed by atoms with van der Waals surface area (Å²) in [6, 6.07) is 11.0. The van der Waals surface area contributed by atoms with E-state index >= 15 is 0 Å². The Balaban J connectivity index is 1.50. The second-order valence-electron chi connectivity index (χ2n) is 5.48. The van der Waals surface area contributed by atoms with Crippen LogP contribution in [0.15, 0.2) is 30.3 Å². The van der Waals surface area contributed by atoms with E-state index in [2.05, 4.69) is 50.8 Å². The molecule has 1 aromatic carbocycles. The van der Waals surface area contributed by atoms with Crippen LogP contribution in [0.25, 0.3) is 0 Å². The summed E-state index contributed by atoms with van der Waals surface area (Å²) in [4.78, 5) is 4.64. The third-order valence-electron chi connectivity index (χ3n) is 3.89. The Hall–Kier alpha value is -1.68. The monoisotopic (exact) mass is 270 g/mol. The number of hydrogen-bond acceptors (Lipinski definition) is 3. The first-order valence-corrected chi connectivity index (χ1v) is 7.60. The average Bonchev–Trinajstić information content (AvgIpc) is 2.98. The highest BCUT2D eigenvalue weighted by molar-refractivity contribution is 5.14. The third kappa shape index (κ3) is 3.45. The quantitative estimate of drug-likeness (QED) is 0.878. The van der Waals surface area contributed by atoms with Gasteiger partial charge in [-0.1, -0.05) is 36.8 Å². The van der Waals surface area contributed by atoms with Crippen LogP contribution in [0.2, 0.25) is 0 Å². The summed E-state index contributed by atoms with van der Waals surface area (Å²) >= 11 is 0. The van der Waals surface area contributed by atoms with E-state index in [1.165, 1.54) is 18.4 Å². The molecule has 1 saturated heterocycles. The first-order valence-electron chi connectivity index (χ1n) is 7.60. The number of nitrogens with zero attached hydrogens (tertiary/aromatic N) is 2. The molecular weight excluding hydrogens is 248 g/mol. The van der Waals surface area contributed by atoms with E-state index in [4.69, 9.17) is 0 Å². The summed E-state index contributed by atoms with van der Waals surface area (Å²) in [5.74, 6) is 1.96. The smallest absolute Gasteiger partial charge is 0.167 e. The van der Waals surface area contributed by atoms with Gasteiger partial charge in [-0.15, -0.1) is 0 Å². The van der Waals surface area contributed by atoms with Gasteiger partial charge in [0.1, 0.15) is 5.82 Å². The fraction of sp³-hybridized carbons (Fsp3) is 0.500. The Labute approximate surface area is 120 Å². The van der Waals surface area contributed by atoms with Crippen molar-refractivity contribution >= 4 is 0 Å². The van der Waals surface area contributed by atoms with Crippen LogP contribution in [0, 0.1) is 0 Å². The van der Waals surface area contributed by atoms with Crippen LogP contribution in [-0.2, 0) is 12.8 Å². The lowest BCUT2D eigenvalue weighted by Gasteiger charge is -2.20. The molecule has 1 aliphatic rings. The molecule has 2 aromatic rings. The molecule has 20 heavy (non-hydrogen) atoms. The van der Waals surface area contributed by atoms with Gasteiger partial charge in [0.05, 0.1) is 6.04 Å². The fourth-order valence-electron chi connectivity index (χ4n) is 2.75. The van der Waals surface area contributed by atoms with Gasteiger partial charge in [0.15, 0.2) is 5.82 Å². The lowest BCUT2D eigenvalue weighted by molar-refractivity contribution is 0.398. The van der Waals surface area contributed by atoms with E-state index in [-0.39, 0.29) is 0 Å². The molecule has 0 amide bonds. The number of benzene rings is 1. The van der Waals surface area contributed by atoms with E-state index in [9.17, 15) is 0 Å². The van der Waals surface area contributed by atoms with Crippen LogP contribution in [-0.4, -0.2) is 21.7 Å². The molecule has 4 heteroatoms. The van der Waals surface area contributed by atoms with Crippen molar-refractivity contribution in [3.05, 3.63) is 47.5 Å². The molecule has 2 heterocycles. The molecule has 0 radical (unpaired) electrons. The SMILES string of the molecule is c1ccc(CCCc2nc(C3CCCCN3)n[nH]2)cc1. The number of H-pyrrole nitrogens is 1. The minimum atomic E-state index is 0.350. The van der Waals surface area contributed by atoms with Crippen LogP contribution in [0.5, 0.6) is 0 Å². The molecule has 1 atom stereocenters. The standard InChI is InChI=1S/C16H22N4/c1-2-7-13(8-3-1)9-6-11-15-18-16(20-19-15)14-10-4-5-12-17-14/h1-3,7-8,14,17H,4-6,9-12H2,(H,18,19,20). The Kier molecular flexibility index (Phi) is 4.43. The van der Waals surface area contributed by atoms with Gasteiger partial charge in [-0.25, -0.2) is 4.98 Å². The number of aromatic amines is 1. The lowest BCUT2D eigenvalue weighted by Crippen LogP contribution is -2.27. The molecule has 1 unspecified atom stereocenters. The molecule has 2 N–H and O–H groups in total. The van der Waals surface area contributed by atoms with E-state index in [1.54, 1.807) is 0 Å². The highest BCUT2D eigenvalue weighted by atomic mass is 15.2. The van der Waals surface area contributed by atoms with Crippen molar-refractivity contribution in [2.75, 3.05) is 6.54 Å². The van der Waals surface area contributed by atoms with Crippen molar-refractivity contribution in [3.8, 4) is 0 Å². The second-order valence-corrected chi connectivity index (χ2v) is 5.48. The number of rotatable bonds is 5. The first kappa shape index (κ1) is 13.3. The molecule has 0 spiro atoms. The molecule has 1 aromatic heterocycles. The van der Waals surface area contributed by atoms with Gasteiger partial charge in [0, 0.05) is 6.42 Å². The number of piperidine rings is 1. The molecule has 0 saturated carbocycles. The van der Waals surface area contributed by atoms with Gasteiger partial charge in [-0.05, 0) is 37.8 Å². The minimum Gasteiger partial charge on any atom is -0.307 e. The maximum atomic E-state index is 4.64. The average molecular weight is 270 g/mol. The second kappa shape index (κ2) is 6.66. The van der Waals surface area contributed by atoms with Crippen molar-refractivity contribution < 1.29 is 0 Å². The number of aromatic nitrogens is 3. The van der Waals surface area contributed by atoms with Crippen LogP contribution in [0.4, 0.5) is 0 Å². The largest absolute Gasteiger partial charge is 0.307 e. The zero-order valence-corrected chi connectivity index (χ0v) is 11.8. The number of aryl methyl sites for hydroxylation is 2. The predicted octanol–water partition coefficient (Wildman–Crippen LogP) is 2.79. The number of nitrogens with one attached hydrogen (secondary N) is 2. The van der Waals surface area contributed by atoms with Crippen molar-refractivity contribution in [1.29, 1.82) is 0 Å². The Morgan fingerprint density at radius 1 is 1.10 bits per heavy atom. The molecule has 1 aliphatic heterocycles. The highest BCUT2D eigenvalue weighted by Crippen LogP contribution is 2.19. The van der Waals surface area contributed by atoms with E-state index in [0.717, 1.165) is 43.9 Å². The minimum absolute atomic E-state index is 0.350. The summed E-state index contributed by atoms with van der Waals surface area (Å²) in [6.07, 6.45) is 6.87. The van der Waals surface area contributed by atoms with Gasteiger partial charge >= 0.3 is 0 Å². The maximum absolute atomic E-state index is 4.64. The molecule has 0 bridgehead atoms. The van der Waals surface area contributed by atoms with Gasteiger partial charge in [0.25, 0.3) is 0 Å². The van der Waals surface area contributed by atoms with E-state index < -0.39 is 0 Å². The van der Waals surface area contributed by atoms with Crippen molar-refractivity contribution in [2.24, 2.45) is 0 Å². The molecule has 106 valence electrons. The van der Waals surface area contributed by atoms with E-state index in [1.807, 2.05) is 0 Å². The predicted molar refractivity (Wildman–Crippen MR) is 79.4 cm³/mol.